The second-order valence-electron chi connectivity index (χ2n) is 5.22. The Morgan fingerprint density at radius 1 is 1.38 bits per heavy atom. The van der Waals surface area contributed by atoms with Gasteiger partial charge in [-0.05, 0) is 44.0 Å². The van der Waals surface area contributed by atoms with Gasteiger partial charge in [-0.3, -0.25) is 0 Å². The molecule has 1 fully saturated rings. The molecule has 0 saturated heterocycles. The molecular weight excluding hydrogens is 312 g/mol. The van der Waals surface area contributed by atoms with Crippen LogP contribution in [0.25, 0.3) is 0 Å². The minimum atomic E-state index is -3.58. The van der Waals surface area contributed by atoms with Crippen LogP contribution in [-0.4, -0.2) is 34.7 Å². The summed E-state index contributed by atoms with van der Waals surface area (Å²) in [5, 5.41) is 3.44. The topological polar surface area (TPSA) is 67.4 Å². The summed E-state index contributed by atoms with van der Waals surface area (Å²) in [7, 11) is -0.151. The molecule has 0 amide bonds. The fourth-order valence-corrected chi connectivity index (χ4v) is 4.28. The number of benzene rings is 1. The van der Waals surface area contributed by atoms with Crippen molar-refractivity contribution in [2.75, 3.05) is 14.2 Å². The highest BCUT2D eigenvalue weighted by atomic mass is 35.5. The van der Waals surface area contributed by atoms with Gasteiger partial charge < -0.3 is 10.1 Å². The van der Waals surface area contributed by atoms with Crippen LogP contribution < -0.4 is 10.0 Å². The van der Waals surface area contributed by atoms with E-state index in [1.807, 2.05) is 7.05 Å². The molecule has 1 saturated carbocycles. The van der Waals surface area contributed by atoms with Crippen molar-refractivity contribution in [1.82, 2.24) is 10.0 Å². The Balaban J connectivity index is 2.17. The number of ether oxygens (including phenoxy) is 1. The number of sulfonamides is 1. The Morgan fingerprint density at radius 2 is 2.14 bits per heavy atom. The van der Waals surface area contributed by atoms with E-state index in [9.17, 15) is 8.42 Å². The summed E-state index contributed by atoms with van der Waals surface area (Å²) in [5.74, 6) is 0. The van der Waals surface area contributed by atoms with Crippen LogP contribution in [0.3, 0.4) is 0 Å². The summed E-state index contributed by atoms with van der Waals surface area (Å²) in [6, 6.07) is 4.64. The highest BCUT2D eigenvalue weighted by Gasteiger charge is 2.31. The lowest BCUT2D eigenvalue weighted by Gasteiger charge is -2.19. The molecule has 2 atom stereocenters. The summed E-state index contributed by atoms with van der Waals surface area (Å²) >= 11 is 6.13. The largest absolute Gasteiger partial charge is 0.380 e. The van der Waals surface area contributed by atoms with Crippen LogP contribution in [0.5, 0.6) is 0 Å². The first-order valence-corrected chi connectivity index (χ1v) is 8.82. The predicted octanol–water partition coefficient (Wildman–Crippen LogP) is 1.91. The monoisotopic (exact) mass is 332 g/mol. The van der Waals surface area contributed by atoms with E-state index in [1.54, 1.807) is 19.2 Å². The molecule has 0 heterocycles. The zero-order valence-corrected chi connectivity index (χ0v) is 13.8. The van der Waals surface area contributed by atoms with E-state index in [0.717, 1.165) is 24.8 Å². The average Bonchev–Trinajstić information content (AvgIpc) is 2.87. The van der Waals surface area contributed by atoms with Crippen LogP contribution in [0.15, 0.2) is 23.1 Å². The van der Waals surface area contributed by atoms with Gasteiger partial charge >= 0.3 is 0 Å². The van der Waals surface area contributed by atoms with Gasteiger partial charge in [0.25, 0.3) is 0 Å². The molecule has 1 aromatic carbocycles. The summed E-state index contributed by atoms with van der Waals surface area (Å²) in [4.78, 5) is 0.189. The second kappa shape index (κ2) is 7.07. The first kappa shape index (κ1) is 16.7. The molecule has 7 heteroatoms. The van der Waals surface area contributed by atoms with Gasteiger partial charge in [-0.15, -0.1) is 0 Å². The van der Waals surface area contributed by atoms with Gasteiger partial charge in [0, 0.05) is 24.7 Å². The number of rotatable bonds is 6. The van der Waals surface area contributed by atoms with Gasteiger partial charge in [0.15, 0.2) is 0 Å². The third kappa shape index (κ3) is 3.96. The van der Waals surface area contributed by atoms with Crippen LogP contribution in [-0.2, 0) is 21.3 Å². The molecule has 118 valence electrons. The lowest BCUT2D eigenvalue weighted by atomic mass is 10.2. The zero-order chi connectivity index (χ0) is 15.5. The fraction of sp³-hybridized carbons (Fsp3) is 0.571. The first-order valence-electron chi connectivity index (χ1n) is 6.96. The van der Waals surface area contributed by atoms with Gasteiger partial charge in [0.2, 0.25) is 10.0 Å². The van der Waals surface area contributed by atoms with Crippen molar-refractivity contribution in [3.8, 4) is 0 Å². The number of hydrogen-bond acceptors (Lipinski definition) is 4. The van der Waals surface area contributed by atoms with Crippen LogP contribution in [0.2, 0.25) is 5.02 Å². The molecule has 0 aromatic heterocycles. The standard InChI is InChI=1S/C14H21ClN2O3S/c1-16-9-10-6-7-11(8-12(10)15)21(18,19)17-13-4-3-5-14(13)20-2/h6-8,13-14,16-17H,3-5,9H2,1-2H3. The van der Waals surface area contributed by atoms with Crippen LogP contribution >= 0.6 is 11.6 Å². The van der Waals surface area contributed by atoms with E-state index in [-0.39, 0.29) is 17.0 Å². The zero-order valence-electron chi connectivity index (χ0n) is 12.2. The molecule has 0 aliphatic heterocycles. The highest BCUT2D eigenvalue weighted by molar-refractivity contribution is 7.89. The Kier molecular flexibility index (Phi) is 5.62. The maximum atomic E-state index is 12.4. The van der Waals surface area contributed by atoms with E-state index in [2.05, 4.69) is 10.0 Å². The molecule has 0 spiro atoms. The van der Waals surface area contributed by atoms with E-state index in [0.29, 0.717) is 11.6 Å². The molecule has 5 nitrogen and oxygen atoms in total. The molecular formula is C14H21ClN2O3S. The van der Waals surface area contributed by atoms with Gasteiger partial charge in [-0.1, -0.05) is 17.7 Å². The summed E-state index contributed by atoms with van der Waals surface area (Å²) in [5.41, 5.74) is 0.869. The van der Waals surface area contributed by atoms with E-state index in [4.69, 9.17) is 16.3 Å². The van der Waals surface area contributed by atoms with Crippen molar-refractivity contribution in [1.29, 1.82) is 0 Å². The Hall–Kier alpha value is -0.660. The van der Waals surface area contributed by atoms with Gasteiger partial charge in [-0.25, -0.2) is 13.1 Å². The summed E-state index contributed by atoms with van der Waals surface area (Å²) in [6.45, 7) is 0.598. The third-order valence-electron chi connectivity index (χ3n) is 3.76. The number of nitrogens with one attached hydrogen (secondary N) is 2. The highest BCUT2D eigenvalue weighted by Crippen LogP contribution is 2.25. The molecule has 2 N–H and O–H groups in total. The van der Waals surface area contributed by atoms with Crippen molar-refractivity contribution >= 4 is 21.6 Å². The van der Waals surface area contributed by atoms with Crippen molar-refractivity contribution < 1.29 is 13.2 Å². The summed E-state index contributed by atoms with van der Waals surface area (Å²) in [6.07, 6.45) is 2.58. The fourth-order valence-electron chi connectivity index (χ4n) is 2.64. The van der Waals surface area contributed by atoms with Gasteiger partial charge in [0.1, 0.15) is 0 Å². The maximum Gasteiger partial charge on any atom is 0.240 e. The second-order valence-corrected chi connectivity index (χ2v) is 7.34. The van der Waals surface area contributed by atoms with E-state index < -0.39 is 10.0 Å². The van der Waals surface area contributed by atoms with Crippen LogP contribution in [0.4, 0.5) is 0 Å². The maximum absolute atomic E-state index is 12.4. The van der Waals surface area contributed by atoms with Crippen molar-refractivity contribution in [2.45, 2.75) is 42.8 Å². The normalized spacial score (nSPS) is 22.6. The van der Waals surface area contributed by atoms with Crippen molar-refractivity contribution in [3.63, 3.8) is 0 Å². The Bertz CT molecular complexity index is 592. The van der Waals surface area contributed by atoms with E-state index >= 15 is 0 Å². The summed E-state index contributed by atoms with van der Waals surface area (Å²) < 4.78 is 32.9. The molecule has 1 aliphatic carbocycles. The van der Waals surface area contributed by atoms with Crippen LogP contribution in [0.1, 0.15) is 24.8 Å². The molecule has 0 bridgehead atoms. The van der Waals surface area contributed by atoms with Gasteiger partial charge in [-0.2, -0.15) is 0 Å². The Morgan fingerprint density at radius 3 is 2.76 bits per heavy atom. The number of halogens is 1. The third-order valence-corrected chi connectivity index (χ3v) is 5.60. The quantitative estimate of drug-likeness (QED) is 0.835. The van der Waals surface area contributed by atoms with Crippen LogP contribution in [0, 0.1) is 0 Å². The first-order chi connectivity index (χ1) is 9.97. The minimum Gasteiger partial charge on any atom is -0.380 e. The lowest BCUT2D eigenvalue weighted by Crippen LogP contribution is -2.40. The number of methoxy groups -OCH3 is 1. The molecule has 2 rings (SSSR count). The van der Waals surface area contributed by atoms with Crippen molar-refractivity contribution in [3.05, 3.63) is 28.8 Å². The Labute approximate surface area is 131 Å². The lowest BCUT2D eigenvalue weighted by molar-refractivity contribution is 0.0916. The van der Waals surface area contributed by atoms with Crippen molar-refractivity contribution in [2.24, 2.45) is 0 Å². The van der Waals surface area contributed by atoms with E-state index in [1.165, 1.54) is 6.07 Å². The molecule has 2 unspecified atom stereocenters. The predicted molar refractivity (Wildman–Crippen MR) is 83.0 cm³/mol. The smallest absolute Gasteiger partial charge is 0.240 e. The minimum absolute atomic E-state index is 0.0567. The molecule has 0 radical (unpaired) electrons. The molecule has 1 aliphatic rings. The van der Waals surface area contributed by atoms with Gasteiger partial charge in [0.05, 0.1) is 11.0 Å². The SMILES string of the molecule is CNCc1ccc(S(=O)(=O)NC2CCCC2OC)cc1Cl. The average molecular weight is 333 g/mol. The number of hydrogen-bond donors (Lipinski definition) is 2. The molecule has 21 heavy (non-hydrogen) atoms. The molecule has 1 aromatic rings.